The summed E-state index contributed by atoms with van der Waals surface area (Å²) in [6, 6.07) is 6.71. The van der Waals surface area contributed by atoms with Crippen molar-refractivity contribution in [3.05, 3.63) is 46.9 Å². The number of pyridine rings is 2. The Balaban J connectivity index is 1.45. The topological polar surface area (TPSA) is 67.8 Å². The zero-order valence-electron chi connectivity index (χ0n) is 21.4. The third-order valence-electron chi connectivity index (χ3n) is 6.54. The number of anilines is 1. The number of carbonyl (C=O) groups excluding carboxylic acids is 1. The van der Waals surface area contributed by atoms with Crippen LogP contribution in [0.2, 0.25) is 0 Å². The van der Waals surface area contributed by atoms with Gasteiger partial charge in [-0.1, -0.05) is 0 Å². The molecule has 0 aromatic carbocycles. The molecule has 4 rings (SSSR count). The lowest BCUT2D eigenvalue weighted by molar-refractivity contribution is 0.0566. The standard InChI is InChI=1S/C27H38N4O3/c1-18-12-22(13-19(2)29-18)14-21-8-7-9-30(17-21)20(3)23-15-24-25(28-16-23)31(10-11-33-24)26(32)34-27(4,5)6/h12-13,15-16,20-21H,7-11,14,17H2,1-6H3. The van der Waals surface area contributed by atoms with Gasteiger partial charge in [-0.2, -0.15) is 0 Å². The zero-order valence-corrected chi connectivity index (χ0v) is 21.4. The molecule has 2 unspecified atom stereocenters. The molecule has 2 aliphatic heterocycles. The molecule has 7 nitrogen and oxygen atoms in total. The van der Waals surface area contributed by atoms with Crippen molar-refractivity contribution in [2.24, 2.45) is 5.92 Å². The van der Waals surface area contributed by atoms with E-state index in [0.717, 1.165) is 36.5 Å². The molecule has 0 radical (unpaired) electrons. The van der Waals surface area contributed by atoms with E-state index in [1.807, 2.05) is 33.0 Å². The SMILES string of the molecule is Cc1cc(CC2CCCN(C(C)c3cnc4c(c3)OCCN4C(=O)OC(C)(C)C)C2)cc(C)n1. The number of fused-ring (bicyclic) bond motifs is 1. The molecule has 7 heteroatoms. The second-order valence-electron chi connectivity index (χ2n) is 10.7. The van der Waals surface area contributed by atoms with Gasteiger partial charge >= 0.3 is 6.09 Å². The monoisotopic (exact) mass is 466 g/mol. The molecule has 0 bridgehead atoms. The van der Waals surface area contributed by atoms with Crippen LogP contribution in [0.4, 0.5) is 10.6 Å². The Bertz CT molecular complexity index is 1010. The number of hydrogen-bond donors (Lipinski definition) is 0. The van der Waals surface area contributed by atoms with E-state index >= 15 is 0 Å². The molecular weight excluding hydrogens is 428 g/mol. The Morgan fingerprint density at radius 1 is 1.21 bits per heavy atom. The van der Waals surface area contributed by atoms with Crippen molar-refractivity contribution < 1.29 is 14.3 Å². The van der Waals surface area contributed by atoms with Crippen LogP contribution in [0, 0.1) is 19.8 Å². The van der Waals surface area contributed by atoms with E-state index in [2.05, 4.69) is 47.8 Å². The number of aryl methyl sites for hydroxylation is 2. The van der Waals surface area contributed by atoms with Crippen LogP contribution in [0.3, 0.4) is 0 Å². The van der Waals surface area contributed by atoms with Crippen LogP contribution >= 0.6 is 0 Å². The molecule has 1 saturated heterocycles. The predicted molar refractivity (Wildman–Crippen MR) is 133 cm³/mol. The lowest BCUT2D eigenvalue weighted by Gasteiger charge is -2.37. The average Bonchev–Trinajstić information content (AvgIpc) is 2.76. The fraction of sp³-hybridized carbons (Fsp3) is 0.593. The molecule has 2 atom stereocenters. The maximum Gasteiger partial charge on any atom is 0.416 e. The summed E-state index contributed by atoms with van der Waals surface area (Å²) in [5.41, 5.74) is 4.13. The van der Waals surface area contributed by atoms with E-state index in [4.69, 9.17) is 9.47 Å². The molecule has 34 heavy (non-hydrogen) atoms. The Kier molecular flexibility index (Phi) is 7.12. The number of carbonyl (C=O) groups is 1. The van der Waals surface area contributed by atoms with E-state index in [-0.39, 0.29) is 12.1 Å². The zero-order chi connectivity index (χ0) is 24.5. The molecule has 4 heterocycles. The molecule has 0 spiro atoms. The minimum absolute atomic E-state index is 0.224. The molecule has 2 aromatic heterocycles. The summed E-state index contributed by atoms with van der Waals surface area (Å²) in [6.45, 7) is 15.0. The molecular formula is C27H38N4O3. The van der Waals surface area contributed by atoms with Crippen LogP contribution in [0.1, 0.15) is 69.1 Å². The van der Waals surface area contributed by atoms with Gasteiger partial charge in [0.25, 0.3) is 0 Å². The Hall–Kier alpha value is -2.67. The highest BCUT2D eigenvalue weighted by molar-refractivity contribution is 5.89. The van der Waals surface area contributed by atoms with Gasteiger partial charge in [-0.15, -0.1) is 0 Å². The number of hydrogen-bond acceptors (Lipinski definition) is 6. The number of rotatable bonds is 4. The Labute approximate surface area is 203 Å². The molecule has 2 aromatic rings. The highest BCUT2D eigenvalue weighted by Gasteiger charge is 2.31. The highest BCUT2D eigenvalue weighted by Crippen LogP contribution is 2.35. The summed E-state index contributed by atoms with van der Waals surface area (Å²) in [5, 5.41) is 0. The predicted octanol–water partition coefficient (Wildman–Crippen LogP) is 5.24. The van der Waals surface area contributed by atoms with Gasteiger partial charge in [-0.3, -0.25) is 14.8 Å². The summed E-state index contributed by atoms with van der Waals surface area (Å²) in [4.78, 5) is 26.0. The maximum absolute atomic E-state index is 12.7. The van der Waals surface area contributed by atoms with Gasteiger partial charge in [-0.05, 0) is 103 Å². The Morgan fingerprint density at radius 3 is 2.65 bits per heavy atom. The molecule has 184 valence electrons. The normalized spacial score (nSPS) is 19.8. The van der Waals surface area contributed by atoms with Gasteiger partial charge in [0, 0.05) is 30.2 Å². The largest absolute Gasteiger partial charge is 0.488 e. The molecule has 1 fully saturated rings. The van der Waals surface area contributed by atoms with Crippen molar-refractivity contribution in [3.8, 4) is 5.75 Å². The fourth-order valence-corrected chi connectivity index (χ4v) is 5.04. The van der Waals surface area contributed by atoms with E-state index in [1.165, 1.54) is 18.4 Å². The summed E-state index contributed by atoms with van der Waals surface area (Å²) < 4.78 is 11.5. The quantitative estimate of drug-likeness (QED) is 0.614. The van der Waals surface area contributed by atoms with E-state index < -0.39 is 5.60 Å². The van der Waals surface area contributed by atoms with Crippen LogP contribution in [-0.2, 0) is 11.2 Å². The minimum atomic E-state index is -0.553. The third-order valence-corrected chi connectivity index (χ3v) is 6.54. The second-order valence-corrected chi connectivity index (χ2v) is 10.7. The maximum atomic E-state index is 12.7. The van der Waals surface area contributed by atoms with Crippen molar-refractivity contribution in [2.45, 2.75) is 72.4 Å². The van der Waals surface area contributed by atoms with E-state index in [1.54, 1.807) is 4.90 Å². The molecule has 0 saturated carbocycles. The van der Waals surface area contributed by atoms with Crippen LogP contribution < -0.4 is 9.64 Å². The van der Waals surface area contributed by atoms with Gasteiger partial charge in [0.05, 0.1) is 6.54 Å². The third kappa shape index (κ3) is 5.87. The first kappa shape index (κ1) is 24.5. The number of nitrogens with zero attached hydrogens (tertiary/aromatic N) is 4. The highest BCUT2D eigenvalue weighted by atomic mass is 16.6. The summed E-state index contributed by atoms with van der Waals surface area (Å²) >= 11 is 0. The summed E-state index contributed by atoms with van der Waals surface area (Å²) in [7, 11) is 0. The minimum Gasteiger partial charge on any atom is -0.488 e. The van der Waals surface area contributed by atoms with Crippen molar-refractivity contribution >= 4 is 11.9 Å². The molecule has 2 aliphatic rings. The van der Waals surface area contributed by atoms with Crippen LogP contribution in [0.5, 0.6) is 5.75 Å². The van der Waals surface area contributed by atoms with Crippen molar-refractivity contribution in [3.63, 3.8) is 0 Å². The van der Waals surface area contributed by atoms with Crippen LogP contribution in [0.25, 0.3) is 0 Å². The first-order chi connectivity index (χ1) is 16.1. The van der Waals surface area contributed by atoms with Gasteiger partial charge in [0.1, 0.15) is 12.2 Å². The number of aromatic nitrogens is 2. The number of piperidine rings is 1. The first-order valence-electron chi connectivity index (χ1n) is 12.4. The molecule has 0 aliphatic carbocycles. The van der Waals surface area contributed by atoms with Crippen molar-refractivity contribution in [2.75, 3.05) is 31.1 Å². The average molecular weight is 467 g/mol. The van der Waals surface area contributed by atoms with Gasteiger partial charge in [0.15, 0.2) is 11.6 Å². The van der Waals surface area contributed by atoms with E-state index in [0.29, 0.717) is 30.6 Å². The van der Waals surface area contributed by atoms with Crippen LogP contribution in [0.15, 0.2) is 24.4 Å². The summed E-state index contributed by atoms with van der Waals surface area (Å²) in [5.74, 6) is 1.82. The fourth-order valence-electron chi connectivity index (χ4n) is 5.04. The number of amides is 1. The summed E-state index contributed by atoms with van der Waals surface area (Å²) in [6.07, 6.45) is 5.03. The van der Waals surface area contributed by atoms with Crippen molar-refractivity contribution in [1.82, 2.24) is 14.9 Å². The van der Waals surface area contributed by atoms with Crippen LogP contribution in [-0.4, -0.2) is 52.8 Å². The first-order valence-corrected chi connectivity index (χ1v) is 12.4. The lowest BCUT2D eigenvalue weighted by Crippen LogP contribution is -2.42. The lowest BCUT2D eigenvalue weighted by atomic mass is 9.90. The number of likely N-dealkylation sites (tertiary alicyclic amines) is 1. The Morgan fingerprint density at radius 2 is 1.94 bits per heavy atom. The molecule has 1 amide bonds. The number of ether oxygens (including phenoxy) is 2. The van der Waals surface area contributed by atoms with E-state index in [9.17, 15) is 4.79 Å². The van der Waals surface area contributed by atoms with Gasteiger partial charge in [0.2, 0.25) is 0 Å². The smallest absolute Gasteiger partial charge is 0.416 e. The second kappa shape index (κ2) is 9.90. The van der Waals surface area contributed by atoms with Crippen molar-refractivity contribution in [1.29, 1.82) is 0 Å². The van der Waals surface area contributed by atoms with Gasteiger partial charge < -0.3 is 9.47 Å². The molecule has 0 N–H and O–H groups in total. The van der Waals surface area contributed by atoms with Gasteiger partial charge in [-0.25, -0.2) is 9.78 Å².